The molecule has 1 aliphatic rings. The number of quaternary nitrogens is 1. The molecule has 0 fully saturated rings. The summed E-state index contributed by atoms with van der Waals surface area (Å²) in [5, 5.41) is 6.13. The predicted molar refractivity (Wildman–Crippen MR) is 84.1 cm³/mol. The molecule has 0 spiro atoms. The lowest BCUT2D eigenvalue weighted by Gasteiger charge is -2.08. The normalized spacial score (nSPS) is 17.0. The average molecular weight is 317 g/mol. The lowest BCUT2D eigenvalue weighted by atomic mass is 10.0. The van der Waals surface area contributed by atoms with Gasteiger partial charge in [0.15, 0.2) is 6.10 Å². The topological polar surface area (TPSA) is 38.2 Å². The molecule has 0 saturated heterocycles. The second kappa shape index (κ2) is 6.87. The van der Waals surface area contributed by atoms with Crippen LogP contribution in [0.4, 0.5) is 8.78 Å². The Morgan fingerprint density at radius 1 is 1.22 bits per heavy atom. The number of aryl methyl sites for hydroxylation is 1. The third-order valence-corrected chi connectivity index (χ3v) is 4.00. The van der Waals surface area contributed by atoms with Crippen molar-refractivity contribution < 1.29 is 18.9 Å². The van der Waals surface area contributed by atoms with Crippen molar-refractivity contribution in [2.75, 3.05) is 6.54 Å². The summed E-state index contributed by atoms with van der Waals surface area (Å²) >= 11 is 0. The van der Waals surface area contributed by atoms with Crippen LogP contribution in [0.15, 0.2) is 47.6 Å². The standard InChI is InChI=1S/C18H18F2N2O/c1-12-4-2-3-5-16(12)18-9-15(23-22-18)11-21-10-13-6-7-14(19)8-17(13)20/h2-8,15,21H,9-11H2,1H3/p+1/t15-/m1/s1. The monoisotopic (exact) mass is 317 g/mol. The average Bonchev–Trinajstić information content (AvgIpc) is 2.98. The Bertz CT molecular complexity index is 731. The first-order chi connectivity index (χ1) is 11.1. The molecule has 1 atom stereocenters. The van der Waals surface area contributed by atoms with Gasteiger partial charge in [-0.1, -0.05) is 29.4 Å². The molecule has 2 aromatic rings. The molecule has 0 unspecified atom stereocenters. The van der Waals surface area contributed by atoms with Gasteiger partial charge in [0.1, 0.15) is 24.7 Å². The second-order valence-corrected chi connectivity index (χ2v) is 5.75. The van der Waals surface area contributed by atoms with Crippen molar-refractivity contribution in [1.29, 1.82) is 0 Å². The van der Waals surface area contributed by atoms with E-state index in [4.69, 9.17) is 4.84 Å². The first-order valence-corrected chi connectivity index (χ1v) is 7.68. The highest BCUT2D eigenvalue weighted by atomic mass is 19.1. The molecule has 23 heavy (non-hydrogen) atoms. The predicted octanol–water partition coefficient (Wildman–Crippen LogP) is 2.53. The number of halogens is 2. The van der Waals surface area contributed by atoms with Crippen LogP contribution in [0.3, 0.4) is 0 Å². The van der Waals surface area contributed by atoms with Crippen molar-refractivity contribution in [1.82, 2.24) is 0 Å². The fourth-order valence-electron chi connectivity index (χ4n) is 2.72. The highest BCUT2D eigenvalue weighted by molar-refractivity contribution is 6.02. The third kappa shape index (κ3) is 3.74. The van der Waals surface area contributed by atoms with E-state index in [9.17, 15) is 8.78 Å². The molecule has 5 heteroatoms. The maximum atomic E-state index is 13.6. The van der Waals surface area contributed by atoms with E-state index in [-0.39, 0.29) is 6.10 Å². The largest absolute Gasteiger partial charge is 0.386 e. The van der Waals surface area contributed by atoms with E-state index < -0.39 is 11.6 Å². The van der Waals surface area contributed by atoms with Gasteiger partial charge in [0.05, 0.1) is 5.71 Å². The fourth-order valence-corrected chi connectivity index (χ4v) is 2.72. The van der Waals surface area contributed by atoms with Gasteiger partial charge in [0, 0.05) is 23.6 Å². The van der Waals surface area contributed by atoms with Gasteiger partial charge < -0.3 is 10.2 Å². The zero-order chi connectivity index (χ0) is 16.2. The molecule has 3 rings (SSSR count). The van der Waals surface area contributed by atoms with Gasteiger partial charge in [-0.2, -0.15) is 0 Å². The van der Waals surface area contributed by atoms with E-state index >= 15 is 0 Å². The van der Waals surface area contributed by atoms with Crippen LogP contribution in [0.2, 0.25) is 0 Å². The quantitative estimate of drug-likeness (QED) is 0.904. The second-order valence-electron chi connectivity index (χ2n) is 5.75. The fraction of sp³-hybridized carbons (Fsp3) is 0.278. The van der Waals surface area contributed by atoms with Gasteiger partial charge >= 0.3 is 0 Å². The van der Waals surface area contributed by atoms with Crippen molar-refractivity contribution in [2.24, 2.45) is 5.16 Å². The number of rotatable bonds is 5. The van der Waals surface area contributed by atoms with Crippen LogP contribution < -0.4 is 5.32 Å². The van der Waals surface area contributed by atoms with Gasteiger partial charge in [0.25, 0.3) is 0 Å². The minimum absolute atomic E-state index is 0.0203. The van der Waals surface area contributed by atoms with Crippen LogP contribution in [0.25, 0.3) is 0 Å². The summed E-state index contributed by atoms with van der Waals surface area (Å²) in [5.41, 5.74) is 3.73. The zero-order valence-corrected chi connectivity index (χ0v) is 12.9. The number of hydrogen-bond acceptors (Lipinski definition) is 2. The van der Waals surface area contributed by atoms with Crippen molar-refractivity contribution >= 4 is 5.71 Å². The molecular formula is C18H19F2N2O+. The van der Waals surface area contributed by atoms with Crippen LogP contribution in [-0.2, 0) is 11.4 Å². The summed E-state index contributed by atoms with van der Waals surface area (Å²) in [5.74, 6) is -1.06. The van der Waals surface area contributed by atoms with Crippen LogP contribution in [0.1, 0.15) is 23.1 Å². The molecule has 0 saturated carbocycles. The van der Waals surface area contributed by atoms with Gasteiger partial charge in [0.2, 0.25) is 0 Å². The van der Waals surface area contributed by atoms with Crippen LogP contribution in [-0.4, -0.2) is 18.4 Å². The number of benzene rings is 2. The van der Waals surface area contributed by atoms with Crippen LogP contribution in [0, 0.1) is 18.6 Å². The summed E-state index contributed by atoms with van der Waals surface area (Å²) in [7, 11) is 0. The molecule has 2 aromatic carbocycles. The highest BCUT2D eigenvalue weighted by Crippen LogP contribution is 2.18. The first-order valence-electron chi connectivity index (χ1n) is 7.68. The Labute approximate surface area is 134 Å². The van der Waals surface area contributed by atoms with Crippen LogP contribution in [0.5, 0.6) is 0 Å². The van der Waals surface area contributed by atoms with E-state index in [0.717, 1.165) is 23.8 Å². The molecule has 1 aliphatic heterocycles. The summed E-state index contributed by atoms with van der Waals surface area (Å²) in [6.45, 7) is 3.18. The SMILES string of the molecule is Cc1ccccc1C1=NO[C@@H](C[NH2+]Cc2ccc(F)cc2F)C1. The number of nitrogens with two attached hydrogens (primary N) is 1. The summed E-state index contributed by atoms with van der Waals surface area (Å²) in [6, 6.07) is 11.7. The Hall–Kier alpha value is -2.27. The molecule has 3 nitrogen and oxygen atoms in total. The Kier molecular flexibility index (Phi) is 4.67. The number of hydrogen-bond donors (Lipinski definition) is 1. The molecule has 0 aromatic heterocycles. The summed E-state index contributed by atoms with van der Waals surface area (Å²) in [4.78, 5) is 5.47. The maximum absolute atomic E-state index is 13.6. The van der Waals surface area contributed by atoms with E-state index in [2.05, 4.69) is 18.1 Å². The number of oxime groups is 1. The molecule has 0 radical (unpaired) electrons. The lowest BCUT2D eigenvalue weighted by molar-refractivity contribution is -0.676. The van der Waals surface area contributed by atoms with Crippen molar-refractivity contribution in [3.63, 3.8) is 0 Å². The molecule has 0 aliphatic carbocycles. The Balaban J connectivity index is 1.51. The number of nitrogens with zero attached hydrogens (tertiary/aromatic N) is 1. The first kappa shape index (κ1) is 15.6. The molecule has 0 amide bonds. The van der Waals surface area contributed by atoms with E-state index in [1.165, 1.54) is 17.7 Å². The van der Waals surface area contributed by atoms with Gasteiger partial charge in [-0.3, -0.25) is 0 Å². The Morgan fingerprint density at radius 3 is 2.83 bits per heavy atom. The maximum Gasteiger partial charge on any atom is 0.181 e. The molecule has 120 valence electrons. The lowest BCUT2D eigenvalue weighted by Crippen LogP contribution is -2.84. The van der Waals surface area contributed by atoms with Gasteiger partial charge in [-0.15, -0.1) is 0 Å². The summed E-state index contributed by atoms with van der Waals surface area (Å²) < 4.78 is 26.4. The van der Waals surface area contributed by atoms with Gasteiger partial charge in [-0.05, 0) is 24.6 Å². The minimum atomic E-state index is -0.554. The minimum Gasteiger partial charge on any atom is -0.386 e. The van der Waals surface area contributed by atoms with E-state index in [1.54, 1.807) is 0 Å². The molecule has 2 N–H and O–H groups in total. The van der Waals surface area contributed by atoms with Crippen molar-refractivity contribution in [3.8, 4) is 0 Å². The van der Waals surface area contributed by atoms with Crippen molar-refractivity contribution in [3.05, 3.63) is 70.8 Å². The Morgan fingerprint density at radius 2 is 2.04 bits per heavy atom. The van der Waals surface area contributed by atoms with E-state index in [1.807, 2.05) is 23.5 Å². The van der Waals surface area contributed by atoms with Gasteiger partial charge in [-0.25, -0.2) is 8.78 Å². The van der Waals surface area contributed by atoms with Crippen LogP contribution >= 0.6 is 0 Å². The highest BCUT2D eigenvalue weighted by Gasteiger charge is 2.24. The third-order valence-electron chi connectivity index (χ3n) is 4.00. The molecular weight excluding hydrogens is 298 g/mol. The van der Waals surface area contributed by atoms with Crippen molar-refractivity contribution in [2.45, 2.75) is 26.0 Å². The summed E-state index contributed by atoms with van der Waals surface area (Å²) in [6.07, 6.45) is 0.723. The molecule has 1 heterocycles. The molecule has 0 bridgehead atoms. The smallest absolute Gasteiger partial charge is 0.181 e. The zero-order valence-electron chi connectivity index (χ0n) is 12.9. The van der Waals surface area contributed by atoms with E-state index in [0.29, 0.717) is 18.7 Å².